The van der Waals surface area contributed by atoms with Crippen LogP contribution in [0.15, 0.2) is 24.3 Å². The molecular formula is C20H26N2O6. The largest absolute Gasteiger partial charge is 0.444 e. The van der Waals surface area contributed by atoms with E-state index in [2.05, 4.69) is 5.32 Å². The molecular weight excluding hydrogens is 364 g/mol. The van der Waals surface area contributed by atoms with Crippen molar-refractivity contribution in [1.82, 2.24) is 10.4 Å². The summed E-state index contributed by atoms with van der Waals surface area (Å²) in [4.78, 5) is 53.9. The molecule has 0 aromatic heterocycles. The van der Waals surface area contributed by atoms with Crippen LogP contribution in [0, 0.1) is 0 Å². The minimum Gasteiger partial charge on any atom is -0.444 e. The van der Waals surface area contributed by atoms with Crippen molar-refractivity contribution in [3.05, 3.63) is 35.4 Å². The number of hydrogen-bond acceptors (Lipinski definition) is 6. The molecule has 8 heteroatoms. The summed E-state index contributed by atoms with van der Waals surface area (Å²) in [5.41, 5.74) is -0.288. The molecule has 152 valence electrons. The highest BCUT2D eigenvalue weighted by atomic mass is 16.7. The summed E-state index contributed by atoms with van der Waals surface area (Å²) in [6, 6.07) is 5.72. The molecule has 1 atom stereocenters. The van der Waals surface area contributed by atoms with Gasteiger partial charge in [-0.25, -0.2) is 9.59 Å². The third-order valence-electron chi connectivity index (χ3n) is 3.99. The number of unbranched alkanes of at least 4 members (excludes halogenated alkanes) is 1. The van der Waals surface area contributed by atoms with E-state index < -0.39 is 35.5 Å². The van der Waals surface area contributed by atoms with Crippen LogP contribution in [0.4, 0.5) is 4.79 Å². The Hall–Kier alpha value is -2.90. The molecule has 3 amide bonds. The molecule has 1 aromatic rings. The first-order valence-corrected chi connectivity index (χ1v) is 9.30. The molecule has 28 heavy (non-hydrogen) atoms. The van der Waals surface area contributed by atoms with Crippen molar-refractivity contribution in [2.75, 3.05) is 0 Å². The maximum Gasteiger partial charge on any atom is 0.407 e. The van der Waals surface area contributed by atoms with E-state index in [0.29, 0.717) is 11.5 Å². The van der Waals surface area contributed by atoms with Gasteiger partial charge < -0.3 is 14.9 Å². The smallest absolute Gasteiger partial charge is 0.407 e. The molecule has 0 fully saturated rings. The number of fused-ring (bicyclic) bond motifs is 1. The molecule has 2 rings (SSSR count). The van der Waals surface area contributed by atoms with E-state index in [-0.39, 0.29) is 17.5 Å². The second-order valence-electron chi connectivity index (χ2n) is 7.60. The minimum absolute atomic E-state index is 0.188. The van der Waals surface area contributed by atoms with Crippen molar-refractivity contribution >= 4 is 23.9 Å². The highest BCUT2D eigenvalue weighted by molar-refractivity contribution is 6.20. The number of nitrogens with zero attached hydrogens (tertiary/aromatic N) is 1. The first-order chi connectivity index (χ1) is 13.1. The Morgan fingerprint density at radius 3 is 2.18 bits per heavy atom. The summed E-state index contributed by atoms with van der Waals surface area (Å²) < 4.78 is 5.22. The van der Waals surface area contributed by atoms with E-state index in [1.807, 2.05) is 6.92 Å². The topological polar surface area (TPSA) is 102 Å². The average Bonchev–Trinajstić information content (AvgIpc) is 2.83. The van der Waals surface area contributed by atoms with E-state index in [9.17, 15) is 19.2 Å². The fourth-order valence-corrected chi connectivity index (χ4v) is 2.74. The van der Waals surface area contributed by atoms with Crippen molar-refractivity contribution in [2.45, 2.75) is 65.0 Å². The molecule has 1 heterocycles. The van der Waals surface area contributed by atoms with Crippen LogP contribution in [-0.2, 0) is 14.4 Å². The Labute approximate surface area is 164 Å². The monoisotopic (exact) mass is 390 g/mol. The van der Waals surface area contributed by atoms with Crippen LogP contribution in [-0.4, -0.2) is 40.6 Å². The lowest BCUT2D eigenvalue weighted by Gasteiger charge is -2.23. The van der Waals surface area contributed by atoms with Gasteiger partial charge in [0.2, 0.25) is 0 Å². The number of alkyl carbamates (subject to hydrolysis) is 1. The number of hydrogen-bond donors (Lipinski definition) is 1. The van der Waals surface area contributed by atoms with Crippen molar-refractivity contribution in [1.29, 1.82) is 0 Å². The van der Waals surface area contributed by atoms with Gasteiger partial charge in [-0.1, -0.05) is 37.0 Å². The third-order valence-corrected chi connectivity index (χ3v) is 3.99. The van der Waals surface area contributed by atoms with Gasteiger partial charge in [0.15, 0.2) is 0 Å². The van der Waals surface area contributed by atoms with Gasteiger partial charge in [0, 0.05) is 6.04 Å². The van der Waals surface area contributed by atoms with Gasteiger partial charge in [0.05, 0.1) is 17.5 Å². The van der Waals surface area contributed by atoms with Crippen molar-refractivity contribution < 1.29 is 28.8 Å². The summed E-state index contributed by atoms with van der Waals surface area (Å²) >= 11 is 0. The molecule has 0 saturated heterocycles. The van der Waals surface area contributed by atoms with Crippen LogP contribution in [0.3, 0.4) is 0 Å². The lowest BCUT2D eigenvalue weighted by molar-refractivity contribution is -0.169. The van der Waals surface area contributed by atoms with E-state index >= 15 is 0 Å². The number of benzene rings is 1. The molecule has 0 radical (unpaired) electrons. The molecule has 0 unspecified atom stereocenters. The average molecular weight is 390 g/mol. The Morgan fingerprint density at radius 1 is 1.11 bits per heavy atom. The van der Waals surface area contributed by atoms with E-state index in [4.69, 9.17) is 9.57 Å². The maximum atomic E-state index is 12.3. The van der Waals surface area contributed by atoms with E-state index in [0.717, 1.165) is 12.8 Å². The van der Waals surface area contributed by atoms with Crippen molar-refractivity contribution in [3.63, 3.8) is 0 Å². The Morgan fingerprint density at radius 2 is 1.68 bits per heavy atom. The fraction of sp³-hybridized carbons (Fsp3) is 0.500. The number of imide groups is 1. The summed E-state index contributed by atoms with van der Waals surface area (Å²) in [6.45, 7) is 7.21. The lowest BCUT2D eigenvalue weighted by Crippen LogP contribution is -2.41. The van der Waals surface area contributed by atoms with E-state index in [1.54, 1.807) is 32.9 Å². The minimum atomic E-state index is -0.785. The normalized spacial score (nSPS) is 14.5. The number of carbonyl (C=O) groups is 4. The van der Waals surface area contributed by atoms with Gasteiger partial charge >= 0.3 is 12.1 Å². The van der Waals surface area contributed by atoms with Crippen LogP contribution in [0.2, 0.25) is 0 Å². The third kappa shape index (κ3) is 5.55. The zero-order valence-electron chi connectivity index (χ0n) is 16.6. The molecule has 0 bridgehead atoms. The van der Waals surface area contributed by atoms with Gasteiger partial charge in [-0.15, -0.1) is 0 Å². The van der Waals surface area contributed by atoms with Gasteiger partial charge in [0.25, 0.3) is 11.8 Å². The number of nitrogens with one attached hydrogen (secondary N) is 1. The van der Waals surface area contributed by atoms with Gasteiger partial charge in [-0.3, -0.25) is 9.59 Å². The van der Waals surface area contributed by atoms with Crippen LogP contribution in [0.25, 0.3) is 0 Å². The molecule has 1 N–H and O–H groups in total. The Bertz CT molecular complexity index is 733. The highest BCUT2D eigenvalue weighted by Crippen LogP contribution is 2.23. The number of hydroxylamine groups is 2. The SMILES string of the molecule is CCCC[C@H](CC(=O)ON1C(=O)c2ccccc2C1=O)NC(=O)OC(C)(C)C. The summed E-state index contributed by atoms with van der Waals surface area (Å²) in [5.74, 6) is -2.15. The van der Waals surface area contributed by atoms with Crippen molar-refractivity contribution in [3.8, 4) is 0 Å². The number of amides is 3. The fourth-order valence-electron chi connectivity index (χ4n) is 2.74. The summed E-state index contributed by atoms with van der Waals surface area (Å²) in [5, 5.41) is 3.12. The first-order valence-electron chi connectivity index (χ1n) is 9.30. The zero-order chi connectivity index (χ0) is 20.9. The quantitative estimate of drug-likeness (QED) is 0.717. The van der Waals surface area contributed by atoms with Crippen LogP contribution in [0.1, 0.15) is 74.1 Å². The molecule has 0 aliphatic carbocycles. The zero-order valence-corrected chi connectivity index (χ0v) is 16.6. The number of carbonyl (C=O) groups excluding carboxylic acids is 4. The number of ether oxygens (including phenoxy) is 1. The molecule has 1 aliphatic rings. The molecule has 0 saturated carbocycles. The van der Waals surface area contributed by atoms with Crippen molar-refractivity contribution in [2.24, 2.45) is 0 Å². The van der Waals surface area contributed by atoms with Crippen LogP contribution >= 0.6 is 0 Å². The van der Waals surface area contributed by atoms with Crippen LogP contribution in [0.5, 0.6) is 0 Å². The summed E-state index contributed by atoms with van der Waals surface area (Å²) in [6.07, 6.45) is 1.36. The molecule has 8 nitrogen and oxygen atoms in total. The molecule has 1 aliphatic heterocycles. The predicted octanol–water partition coefficient (Wildman–Crippen LogP) is 3.21. The highest BCUT2D eigenvalue weighted by Gasteiger charge is 2.38. The first kappa shape index (κ1) is 21.4. The molecule has 0 spiro atoms. The second-order valence-corrected chi connectivity index (χ2v) is 7.60. The Kier molecular flexibility index (Phi) is 6.77. The number of rotatable bonds is 7. The molecule has 1 aromatic carbocycles. The van der Waals surface area contributed by atoms with Gasteiger partial charge in [-0.2, -0.15) is 0 Å². The van der Waals surface area contributed by atoms with Crippen LogP contribution < -0.4 is 5.32 Å². The standard InChI is InChI=1S/C20H26N2O6/c1-5-6-9-13(21-19(26)27-20(2,3)4)12-16(23)28-22-17(24)14-10-7-8-11-15(14)18(22)25/h7-8,10-11,13H,5-6,9,12H2,1-4H3,(H,21,26)/t13-/m1/s1. The summed E-state index contributed by atoms with van der Waals surface area (Å²) in [7, 11) is 0. The Balaban J connectivity index is 1.99. The second kappa shape index (κ2) is 8.86. The predicted molar refractivity (Wildman–Crippen MR) is 100 cm³/mol. The maximum absolute atomic E-state index is 12.3. The van der Waals surface area contributed by atoms with E-state index in [1.165, 1.54) is 12.1 Å². The van der Waals surface area contributed by atoms with Gasteiger partial charge in [0.1, 0.15) is 5.60 Å². The lowest BCUT2D eigenvalue weighted by atomic mass is 10.1. The van der Waals surface area contributed by atoms with Gasteiger partial charge in [-0.05, 0) is 39.3 Å².